The lowest BCUT2D eigenvalue weighted by Gasteiger charge is -2.21. The van der Waals surface area contributed by atoms with Crippen molar-refractivity contribution in [3.05, 3.63) is 70.2 Å². The molecule has 3 heterocycles. The number of hydrogen-bond donors (Lipinski definition) is 1. The number of fused-ring (bicyclic) bond motifs is 1. The average molecular weight is 417 g/mol. The van der Waals surface area contributed by atoms with E-state index in [0.717, 1.165) is 16.8 Å². The SMILES string of the molecule is Cc1cccnc1C(Cc1ccsc1)NS(=O)(=O)c1ccc2c(c1)OCCO2. The van der Waals surface area contributed by atoms with E-state index in [-0.39, 0.29) is 4.90 Å². The second-order valence-corrected chi connectivity index (χ2v) is 9.01. The lowest BCUT2D eigenvalue weighted by Crippen LogP contribution is -2.31. The van der Waals surface area contributed by atoms with Gasteiger partial charge in [0.15, 0.2) is 11.5 Å². The van der Waals surface area contributed by atoms with Crippen LogP contribution in [-0.2, 0) is 16.4 Å². The second-order valence-electron chi connectivity index (χ2n) is 6.52. The third-order valence-corrected chi connectivity index (χ3v) is 6.72. The van der Waals surface area contributed by atoms with Crippen LogP contribution in [0.25, 0.3) is 0 Å². The molecular formula is C20H20N2O4S2. The number of sulfonamides is 1. The van der Waals surface area contributed by atoms with Gasteiger partial charge in [-0.05, 0) is 59.5 Å². The molecule has 3 aromatic rings. The Morgan fingerprint density at radius 3 is 2.75 bits per heavy atom. The number of pyridine rings is 1. The quantitative estimate of drug-likeness (QED) is 0.666. The van der Waals surface area contributed by atoms with Gasteiger partial charge in [-0.3, -0.25) is 4.98 Å². The first-order chi connectivity index (χ1) is 13.5. The van der Waals surface area contributed by atoms with E-state index >= 15 is 0 Å². The highest BCUT2D eigenvalue weighted by atomic mass is 32.2. The molecule has 1 atom stereocenters. The van der Waals surface area contributed by atoms with E-state index in [2.05, 4.69) is 9.71 Å². The fraction of sp³-hybridized carbons (Fsp3) is 0.250. The minimum absolute atomic E-state index is 0.139. The molecule has 0 saturated carbocycles. The van der Waals surface area contributed by atoms with Crippen LogP contribution in [0.5, 0.6) is 11.5 Å². The van der Waals surface area contributed by atoms with E-state index in [4.69, 9.17) is 9.47 Å². The molecule has 0 aliphatic carbocycles. The van der Waals surface area contributed by atoms with E-state index in [1.165, 1.54) is 12.1 Å². The van der Waals surface area contributed by atoms with Crippen LogP contribution in [-0.4, -0.2) is 26.6 Å². The van der Waals surface area contributed by atoms with E-state index in [1.807, 2.05) is 35.9 Å². The molecule has 1 aliphatic heterocycles. The van der Waals surface area contributed by atoms with Gasteiger partial charge in [0.25, 0.3) is 0 Å². The molecular weight excluding hydrogens is 396 g/mol. The number of benzene rings is 1. The van der Waals surface area contributed by atoms with Gasteiger partial charge < -0.3 is 9.47 Å². The van der Waals surface area contributed by atoms with Gasteiger partial charge in [-0.1, -0.05) is 6.07 Å². The summed E-state index contributed by atoms with van der Waals surface area (Å²) in [5.74, 6) is 0.998. The monoisotopic (exact) mass is 416 g/mol. The molecule has 28 heavy (non-hydrogen) atoms. The summed E-state index contributed by atoms with van der Waals surface area (Å²) in [6.07, 6.45) is 2.20. The van der Waals surface area contributed by atoms with Gasteiger partial charge in [-0.2, -0.15) is 11.3 Å². The zero-order chi connectivity index (χ0) is 19.6. The molecule has 0 bridgehead atoms. The van der Waals surface area contributed by atoms with Crippen molar-refractivity contribution in [3.8, 4) is 11.5 Å². The smallest absolute Gasteiger partial charge is 0.241 e. The van der Waals surface area contributed by atoms with Crippen molar-refractivity contribution in [2.45, 2.75) is 24.3 Å². The summed E-state index contributed by atoms with van der Waals surface area (Å²) in [7, 11) is -3.78. The number of rotatable bonds is 6. The maximum Gasteiger partial charge on any atom is 0.241 e. The highest BCUT2D eigenvalue weighted by molar-refractivity contribution is 7.89. The number of hydrogen-bond acceptors (Lipinski definition) is 6. The minimum atomic E-state index is -3.78. The topological polar surface area (TPSA) is 77.5 Å². The van der Waals surface area contributed by atoms with Crippen molar-refractivity contribution in [1.82, 2.24) is 9.71 Å². The highest BCUT2D eigenvalue weighted by Gasteiger charge is 2.25. The maximum absolute atomic E-state index is 13.1. The van der Waals surface area contributed by atoms with E-state index in [0.29, 0.717) is 31.1 Å². The van der Waals surface area contributed by atoms with Crippen molar-refractivity contribution in [1.29, 1.82) is 0 Å². The standard InChI is InChI=1S/C20H20N2O4S2/c1-14-3-2-7-21-20(14)17(11-15-6-10-27-13-15)22-28(23,24)16-4-5-18-19(12-16)26-9-8-25-18/h2-7,10,12-13,17,22H,8-9,11H2,1H3. The van der Waals surface area contributed by atoms with Crippen molar-refractivity contribution < 1.29 is 17.9 Å². The molecule has 1 N–H and O–H groups in total. The van der Waals surface area contributed by atoms with Crippen LogP contribution in [0.2, 0.25) is 0 Å². The van der Waals surface area contributed by atoms with Crippen LogP contribution in [0.4, 0.5) is 0 Å². The molecule has 0 saturated heterocycles. The summed E-state index contributed by atoms with van der Waals surface area (Å²) in [5, 5.41) is 4.00. The van der Waals surface area contributed by atoms with Crippen LogP contribution < -0.4 is 14.2 Å². The molecule has 1 aromatic carbocycles. The first-order valence-corrected chi connectivity index (χ1v) is 11.3. The van der Waals surface area contributed by atoms with Crippen molar-refractivity contribution in [2.24, 2.45) is 0 Å². The molecule has 2 aromatic heterocycles. The fourth-order valence-electron chi connectivity index (χ4n) is 3.15. The molecule has 1 aliphatic rings. The first kappa shape index (κ1) is 18.9. The number of nitrogens with one attached hydrogen (secondary N) is 1. The predicted octanol–water partition coefficient (Wildman–Crippen LogP) is 3.49. The third kappa shape index (κ3) is 4.04. The zero-order valence-corrected chi connectivity index (χ0v) is 16.9. The number of aryl methyl sites for hydroxylation is 1. The van der Waals surface area contributed by atoms with E-state index in [1.54, 1.807) is 23.6 Å². The number of ether oxygens (including phenoxy) is 2. The predicted molar refractivity (Wildman–Crippen MR) is 107 cm³/mol. The average Bonchev–Trinajstić information content (AvgIpc) is 3.20. The lowest BCUT2D eigenvalue weighted by molar-refractivity contribution is 0.171. The Labute approximate surface area is 168 Å². The van der Waals surface area contributed by atoms with Crippen LogP contribution in [0.15, 0.2) is 58.3 Å². The Balaban J connectivity index is 1.66. The van der Waals surface area contributed by atoms with Gasteiger partial charge in [0.05, 0.1) is 16.6 Å². The normalized spacial score (nSPS) is 14.6. The largest absolute Gasteiger partial charge is 0.486 e. The van der Waals surface area contributed by atoms with Crippen LogP contribution in [0.1, 0.15) is 22.9 Å². The van der Waals surface area contributed by atoms with Crippen molar-refractivity contribution in [3.63, 3.8) is 0 Å². The molecule has 0 spiro atoms. The number of thiophene rings is 1. The number of nitrogens with zero attached hydrogens (tertiary/aromatic N) is 1. The van der Waals surface area contributed by atoms with Crippen molar-refractivity contribution in [2.75, 3.05) is 13.2 Å². The molecule has 146 valence electrons. The molecule has 0 fully saturated rings. The Hall–Kier alpha value is -2.42. The molecule has 0 amide bonds. The van der Waals surface area contributed by atoms with Gasteiger partial charge in [-0.15, -0.1) is 0 Å². The second kappa shape index (κ2) is 7.90. The molecule has 8 heteroatoms. The summed E-state index contributed by atoms with van der Waals surface area (Å²) < 4.78 is 40.1. The third-order valence-electron chi connectivity index (χ3n) is 4.52. The summed E-state index contributed by atoms with van der Waals surface area (Å²) in [6.45, 7) is 2.79. The molecule has 4 rings (SSSR count). The van der Waals surface area contributed by atoms with Crippen LogP contribution in [0, 0.1) is 6.92 Å². The van der Waals surface area contributed by atoms with Crippen LogP contribution in [0.3, 0.4) is 0 Å². The molecule has 0 radical (unpaired) electrons. The maximum atomic E-state index is 13.1. The lowest BCUT2D eigenvalue weighted by atomic mass is 10.0. The van der Waals surface area contributed by atoms with Crippen molar-refractivity contribution >= 4 is 21.4 Å². The van der Waals surface area contributed by atoms with Gasteiger partial charge in [-0.25, -0.2) is 13.1 Å². The Morgan fingerprint density at radius 2 is 2.00 bits per heavy atom. The number of aromatic nitrogens is 1. The minimum Gasteiger partial charge on any atom is -0.486 e. The van der Waals surface area contributed by atoms with E-state index < -0.39 is 16.1 Å². The molecule has 1 unspecified atom stereocenters. The summed E-state index contributed by atoms with van der Waals surface area (Å²) in [5.41, 5.74) is 2.72. The summed E-state index contributed by atoms with van der Waals surface area (Å²) in [4.78, 5) is 4.58. The highest BCUT2D eigenvalue weighted by Crippen LogP contribution is 2.33. The Bertz CT molecular complexity index is 1070. The van der Waals surface area contributed by atoms with Gasteiger partial charge >= 0.3 is 0 Å². The molecule has 6 nitrogen and oxygen atoms in total. The van der Waals surface area contributed by atoms with E-state index in [9.17, 15) is 8.42 Å². The fourth-order valence-corrected chi connectivity index (χ4v) is 5.04. The Kier molecular flexibility index (Phi) is 5.34. The van der Waals surface area contributed by atoms with Crippen LogP contribution >= 0.6 is 11.3 Å². The van der Waals surface area contributed by atoms with Gasteiger partial charge in [0.2, 0.25) is 10.0 Å². The summed E-state index contributed by atoms with van der Waals surface area (Å²) >= 11 is 1.58. The summed E-state index contributed by atoms with van der Waals surface area (Å²) in [6, 6.07) is 9.95. The van der Waals surface area contributed by atoms with Gasteiger partial charge in [0.1, 0.15) is 13.2 Å². The first-order valence-electron chi connectivity index (χ1n) is 8.87. The Morgan fingerprint density at radius 1 is 1.18 bits per heavy atom. The van der Waals surface area contributed by atoms with Gasteiger partial charge in [0, 0.05) is 12.3 Å². The zero-order valence-electron chi connectivity index (χ0n) is 15.3.